The van der Waals surface area contributed by atoms with Crippen LogP contribution in [0.25, 0.3) is 20.2 Å². The maximum absolute atomic E-state index is 2.34. The molecule has 0 N–H and O–H groups in total. The average Bonchev–Trinajstić information content (AvgIpc) is 2.86. The Morgan fingerprint density at radius 3 is 2.05 bits per heavy atom. The van der Waals surface area contributed by atoms with Crippen molar-refractivity contribution in [2.24, 2.45) is 0 Å². The summed E-state index contributed by atoms with van der Waals surface area (Å²) in [5.41, 5.74) is 8.98. The van der Waals surface area contributed by atoms with Gasteiger partial charge in [-0.05, 0) is 73.9 Å². The zero-order valence-corrected chi connectivity index (χ0v) is 14.8. The third-order valence-corrected chi connectivity index (χ3v) is 6.55. The standard InChI is InChI=1S/C20H24S/c1-7-15-13(5)14(6)20-18(16(15)8-2)17-10-9-11(3)12(4)19(17)21-20/h9-10H,7-8H2,1-6H3. The lowest BCUT2D eigenvalue weighted by atomic mass is 9.90. The van der Waals surface area contributed by atoms with Crippen molar-refractivity contribution in [1.82, 2.24) is 0 Å². The van der Waals surface area contributed by atoms with E-state index in [4.69, 9.17) is 0 Å². The summed E-state index contributed by atoms with van der Waals surface area (Å²) in [5.74, 6) is 0. The third kappa shape index (κ3) is 1.94. The number of hydrogen-bond acceptors (Lipinski definition) is 1. The van der Waals surface area contributed by atoms with Crippen molar-refractivity contribution in [3.63, 3.8) is 0 Å². The van der Waals surface area contributed by atoms with E-state index in [1.54, 1.807) is 11.1 Å². The molecule has 0 aliphatic carbocycles. The molecule has 0 aliphatic rings. The van der Waals surface area contributed by atoms with Gasteiger partial charge in [-0.15, -0.1) is 11.3 Å². The molecule has 1 aromatic heterocycles. The van der Waals surface area contributed by atoms with E-state index in [2.05, 4.69) is 53.7 Å². The highest BCUT2D eigenvalue weighted by molar-refractivity contribution is 7.26. The minimum atomic E-state index is 1.12. The Kier molecular flexibility index (Phi) is 3.57. The molecule has 0 saturated carbocycles. The van der Waals surface area contributed by atoms with Crippen LogP contribution in [0, 0.1) is 27.7 Å². The van der Waals surface area contributed by atoms with Crippen LogP contribution in [0.4, 0.5) is 0 Å². The van der Waals surface area contributed by atoms with Crippen LogP contribution in [-0.4, -0.2) is 0 Å². The largest absolute Gasteiger partial charge is 0.135 e. The molecule has 1 heteroatoms. The first kappa shape index (κ1) is 14.6. The summed E-state index contributed by atoms with van der Waals surface area (Å²) in [5, 5.41) is 2.99. The molecule has 0 radical (unpaired) electrons. The second kappa shape index (κ2) is 5.14. The van der Waals surface area contributed by atoms with E-state index in [0.717, 1.165) is 12.8 Å². The Hall–Kier alpha value is -1.34. The predicted molar refractivity (Wildman–Crippen MR) is 97.0 cm³/mol. The zero-order chi connectivity index (χ0) is 15.3. The fraction of sp³-hybridized carbons (Fsp3) is 0.400. The quantitative estimate of drug-likeness (QED) is 0.512. The lowest BCUT2D eigenvalue weighted by Gasteiger charge is -2.15. The highest BCUT2D eigenvalue weighted by Gasteiger charge is 2.18. The first-order valence-electron chi connectivity index (χ1n) is 7.94. The smallest absolute Gasteiger partial charge is 0.0390 e. The van der Waals surface area contributed by atoms with E-state index in [1.165, 1.54) is 42.4 Å². The highest BCUT2D eigenvalue weighted by Crippen LogP contribution is 2.43. The van der Waals surface area contributed by atoms with E-state index < -0.39 is 0 Å². The Morgan fingerprint density at radius 1 is 0.762 bits per heavy atom. The minimum Gasteiger partial charge on any atom is -0.135 e. The summed E-state index contributed by atoms with van der Waals surface area (Å²) in [6.07, 6.45) is 2.26. The maximum atomic E-state index is 2.34. The molecular weight excluding hydrogens is 272 g/mol. The van der Waals surface area contributed by atoms with E-state index in [-0.39, 0.29) is 0 Å². The van der Waals surface area contributed by atoms with Crippen molar-refractivity contribution in [1.29, 1.82) is 0 Å². The van der Waals surface area contributed by atoms with E-state index in [1.807, 2.05) is 11.3 Å². The number of benzene rings is 2. The second-order valence-corrected chi connectivity index (χ2v) is 7.13. The normalized spacial score (nSPS) is 11.7. The van der Waals surface area contributed by atoms with Gasteiger partial charge in [0.15, 0.2) is 0 Å². The van der Waals surface area contributed by atoms with Crippen LogP contribution in [-0.2, 0) is 12.8 Å². The Morgan fingerprint density at radius 2 is 1.43 bits per heavy atom. The van der Waals surface area contributed by atoms with Crippen LogP contribution in [0.3, 0.4) is 0 Å². The van der Waals surface area contributed by atoms with Gasteiger partial charge in [0.25, 0.3) is 0 Å². The molecule has 0 fully saturated rings. The maximum Gasteiger partial charge on any atom is 0.0390 e. The molecule has 110 valence electrons. The van der Waals surface area contributed by atoms with Gasteiger partial charge >= 0.3 is 0 Å². The highest BCUT2D eigenvalue weighted by atomic mass is 32.1. The van der Waals surface area contributed by atoms with Crippen molar-refractivity contribution in [3.8, 4) is 0 Å². The number of hydrogen-bond donors (Lipinski definition) is 0. The topological polar surface area (TPSA) is 0 Å². The van der Waals surface area contributed by atoms with Crippen LogP contribution in [0.2, 0.25) is 0 Å². The van der Waals surface area contributed by atoms with E-state index >= 15 is 0 Å². The number of rotatable bonds is 2. The van der Waals surface area contributed by atoms with Crippen molar-refractivity contribution in [3.05, 3.63) is 45.5 Å². The van der Waals surface area contributed by atoms with Gasteiger partial charge < -0.3 is 0 Å². The molecule has 0 saturated heterocycles. The van der Waals surface area contributed by atoms with Gasteiger partial charge in [0.05, 0.1) is 0 Å². The molecule has 0 spiro atoms. The van der Waals surface area contributed by atoms with Gasteiger partial charge in [0.1, 0.15) is 0 Å². The summed E-state index contributed by atoms with van der Waals surface area (Å²) in [6, 6.07) is 4.62. The second-order valence-electron chi connectivity index (χ2n) is 6.10. The van der Waals surface area contributed by atoms with Crippen LogP contribution >= 0.6 is 11.3 Å². The fourth-order valence-corrected chi connectivity index (χ4v) is 5.04. The van der Waals surface area contributed by atoms with Crippen LogP contribution in [0.1, 0.15) is 47.2 Å². The molecular formula is C20H24S. The van der Waals surface area contributed by atoms with E-state index in [0.29, 0.717) is 0 Å². The lowest BCUT2D eigenvalue weighted by molar-refractivity contribution is 1.03. The van der Waals surface area contributed by atoms with Crippen molar-refractivity contribution in [2.45, 2.75) is 54.4 Å². The predicted octanol–water partition coefficient (Wildman–Crippen LogP) is 6.41. The molecule has 3 rings (SSSR count). The Bertz CT molecular complexity index is 850. The number of fused-ring (bicyclic) bond motifs is 3. The minimum absolute atomic E-state index is 1.12. The molecule has 0 aliphatic heterocycles. The summed E-state index contributed by atoms with van der Waals surface area (Å²) < 4.78 is 2.99. The molecule has 1 heterocycles. The average molecular weight is 296 g/mol. The van der Waals surface area contributed by atoms with Crippen LogP contribution in [0.5, 0.6) is 0 Å². The van der Waals surface area contributed by atoms with Gasteiger partial charge in [0.2, 0.25) is 0 Å². The van der Waals surface area contributed by atoms with Crippen LogP contribution in [0.15, 0.2) is 12.1 Å². The summed E-state index contributed by atoms with van der Waals surface area (Å²) in [7, 11) is 0. The third-order valence-electron chi connectivity index (χ3n) is 5.11. The molecule has 0 atom stereocenters. The Labute approximate surface area is 131 Å². The van der Waals surface area contributed by atoms with E-state index in [9.17, 15) is 0 Å². The van der Waals surface area contributed by atoms with Crippen molar-refractivity contribution in [2.75, 3.05) is 0 Å². The number of thiophene rings is 1. The van der Waals surface area contributed by atoms with Gasteiger partial charge in [-0.25, -0.2) is 0 Å². The molecule has 21 heavy (non-hydrogen) atoms. The molecule has 0 nitrogen and oxygen atoms in total. The van der Waals surface area contributed by atoms with Gasteiger partial charge in [-0.3, -0.25) is 0 Å². The van der Waals surface area contributed by atoms with Gasteiger partial charge in [0, 0.05) is 20.2 Å². The zero-order valence-electron chi connectivity index (χ0n) is 14.0. The van der Waals surface area contributed by atoms with Gasteiger partial charge in [-0.2, -0.15) is 0 Å². The molecule has 2 aromatic carbocycles. The summed E-state index contributed by atoms with van der Waals surface area (Å²) >= 11 is 1.99. The summed E-state index contributed by atoms with van der Waals surface area (Å²) in [6.45, 7) is 13.7. The fourth-order valence-electron chi connectivity index (χ4n) is 3.60. The monoisotopic (exact) mass is 296 g/mol. The van der Waals surface area contributed by atoms with Crippen LogP contribution < -0.4 is 0 Å². The number of aryl methyl sites for hydroxylation is 4. The molecule has 0 bridgehead atoms. The SMILES string of the molecule is CCc1c(C)c(C)c2sc3c(C)c(C)ccc3c2c1CC. The first-order chi connectivity index (χ1) is 10.0. The van der Waals surface area contributed by atoms with Crippen molar-refractivity contribution < 1.29 is 0 Å². The van der Waals surface area contributed by atoms with Gasteiger partial charge in [-0.1, -0.05) is 26.0 Å². The lowest BCUT2D eigenvalue weighted by Crippen LogP contribution is -1.98. The molecule has 0 amide bonds. The molecule has 3 aromatic rings. The first-order valence-corrected chi connectivity index (χ1v) is 8.76. The molecule has 0 unspecified atom stereocenters. The van der Waals surface area contributed by atoms with Crippen molar-refractivity contribution >= 4 is 31.5 Å². The summed E-state index contributed by atoms with van der Waals surface area (Å²) in [4.78, 5) is 0. The Balaban J connectivity index is 2.62.